The van der Waals surface area contributed by atoms with Crippen LogP contribution in [0.2, 0.25) is 0 Å². The van der Waals surface area contributed by atoms with Crippen LogP contribution in [0, 0.1) is 6.92 Å². The molecule has 28 heavy (non-hydrogen) atoms. The molecule has 0 aliphatic heterocycles. The third-order valence-electron chi connectivity index (χ3n) is 4.72. The van der Waals surface area contributed by atoms with Crippen LogP contribution in [0.4, 0.5) is 0 Å². The van der Waals surface area contributed by atoms with E-state index in [1.54, 1.807) is 0 Å². The van der Waals surface area contributed by atoms with E-state index in [4.69, 9.17) is 4.42 Å². The SMILES string of the molecule is CC[C@@H](CNC(=O)[C@@H](C)Sc1nnc(-c2ccccc2C)o1)c1ccccc1. The standard InChI is InChI=1S/C22H25N3O2S/c1-4-17(18-11-6-5-7-12-18)14-23-20(26)16(3)28-22-25-24-21(27-22)19-13-9-8-10-15(19)2/h5-13,16-17H,4,14H2,1-3H3,(H,23,26)/t16-,17+/m1/s1. The highest BCUT2D eigenvalue weighted by Gasteiger charge is 2.20. The number of hydrogen-bond acceptors (Lipinski definition) is 5. The van der Waals surface area contributed by atoms with Crippen LogP contribution in [0.3, 0.4) is 0 Å². The van der Waals surface area contributed by atoms with Gasteiger partial charge in [0.15, 0.2) is 0 Å². The van der Waals surface area contributed by atoms with Gasteiger partial charge in [0.2, 0.25) is 11.8 Å². The van der Waals surface area contributed by atoms with Crippen molar-refractivity contribution in [1.29, 1.82) is 0 Å². The minimum atomic E-state index is -0.321. The molecule has 0 aliphatic rings. The number of nitrogens with one attached hydrogen (secondary N) is 1. The molecule has 1 aromatic heterocycles. The maximum atomic E-state index is 12.5. The van der Waals surface area contributed by atoms with Crippen molar-refractivity contribution in [2.45, 2.75) is 43.6 Å². The summed E-state index contributed by atoms with van der Waals surface area (Å²) in [4.78, 5) is 12.5. The van der Waals surface area contributed by atoms with Gasteiger partial charge in [-0.25, -0.2) is 0 Å². The van der Waals surface area contributed by atoms with Crippen molar-refractivity contribution >= 4 is 17.7 Å². The molecular weight excluding hydrogens is 370 g/mol. The summed E-state index contributed by atoms with van der Waals surface area (Å²) in [6, 6.07) is 18.1. The molecule has 0 spiro atoms. The molecule has 0 unspecified atom stereocenters. The molecule has 2 atom stereocenters. The quantitative estimate of drug-likeness (QED) is 0.553. The lowest BCUT2D eigenvalue weighted by Gasteiger charge is -2.17. The molecule has 1 heterocycles. The summed E-state index contributed by atoms with van der Waals surface area (Å²) in [6.07, 6.45) is 0.968. The van der Waals surface area contributed by atoms with Gasteiger partial charge in [0.1, 0.15) is 0 Å². The van der Waals surface area contributed by atoms with Crippen LogP contribution in [0.15, 0.2) is 64.2 Å². The van der Waals surface area contributed by atoms with Gasteiger partial charge in [0.25, 0.3) is 5.22 Å². The summed E-state index contributed by atoms with van der Waals surface area (Å²) in [6.45, 7) is 6.59. The van der Waals surface area contributed by atoms with Crippen molar-refractivity contribution in [3.63, 3.8) is 0 Å². The minimum absolute atomic E-state index is 0.0324. The number of thioether (sulfide) groups is 1. The predicted molar refractivity (Wildman–Crippen MR) is 112 cm³/mol. The van der Waals surface area contributed by atoms with E-state index in [0.717, 1.165) is 17.5 Å². The van der Waals surface area contributed by atoms with E-state index in [2.05, 4.69) is 34.6 Å². The fraction of sp³-hybridized carbons (Fsp3) is 0.318. The average Bonchev–Trinajstić information content (AvgIpc) is 3.17. The van der Waals surface area contributed by atoms with Crippen LogP contribution in [0.1, 0.15) is 37.3 Å². The van der Waals surface area contributed by atoms with Crippen LogP contribution >= 0.6 is 11.8 Å². The number of amides is 1. The second kappa shape index (κ2) is 9.55. The van der Waals surface area contributed by atoms with Gasteiger partial charge < -0.3 is 9.73 Å². The number of nitrogens with zero attached hydrogens (tertiary/aromatic N) is 2. The van der Waals surface area contributed by atoms with Crippen molar-refractivity contribution in [3.8, 4) is 11.5 Å². The zero-order valence-electron chi connectivity index (χ0n) is 16.4. The lowest BCUT2D eigenvalue weighted by molar-refractivity contribution is -0.120. The molecule has 2 aromatic carbocycles. The molecule has 0 radical (unpaired) electrons. The van der Waals surface area contributed by atoms with Crippen molar-refractivity contribution in [1.82, 2.24) is 15.5 Å². The van der Waals surface area contributed by atoms with E-state index in [1.165, 1.54) is 17.3 Å². The highest BCUT2D eigenvalue weighted by atomic mass is 32.2. The smallest absolute Gasteiger partial charge is 0.277 e. The van der Waals surface area contributed by atoms with Gasteiger partial charge in [-0.2, -0.15) is 0 Å². The van der Waals surface area contributed by atoms with Crippen LogP contribution in [-0.2, 0) is 4.79 Å². The highest BCUT2D eigenvalue weighted by molar-refractivity contribution is 8.00. The maximum Gasteiger partial charge on any atom is 0.277 e. The summed E-state index contributed by atoms with van der Waals surface area (Å²) >= 11 is 1.28. The Bertz CT molecular complexity index is 911. The maximum absolute atomic E-state index is 12.5. The Hall–Kier alpha value is -2.60. The van der Waals surface area contributed by atoms with E-state index in [1.807, 2.05) is 56.3 Å². The number of benzene rings is 2. The zero-order valence-corrected chi connectivity index (χ0v) is 17.2. The first-order chi connectivity index (χ1) is 13.6. The molecule has 1 amide bonds. The monoisotopic (exact) mass is 395 g/mol. The minimum Gasteiger partial charge on any atom is -0.411 e. The molecule has 146 valence electrons. The van der Waals surface area contributed by atoms with Crippen LogP contribution in [0.25, 0.3) is 11.5 Å². The number of hydrogen-bond donors (Lipinski definition) is 1. The van der Waals surface area contributed by atoms with Gasteiger partial charge in [-0.3, -0.25) is 4.79 Å². The van der Waals surface area contributed by atoms with E-state index < -0.39 is 0 Å². The third kappa shape index (κ3) is 5.01. The van der Waals surface area contributed by atoms with Crippen molar-refractivity contribution in [2.75, 3.05) is 6.54 Å². The van der Waals surface area contributed by atoms with Crippen LogP contribution < -0.4 is 5.32 Å². The predicted octanol–water partition coefficient (Wildman–Crippen LogP) is 4.84. The fourth-order valence-electron chi connectivity index (χ4n) is 2.97. The van der Waals surface area contributed by atoms with Gasteiger partial charge in [-0.1, -0.05) is 67.2 Å². The van der Waals surface area contributed by atoms with Gasteiger partial charge >= 0.3 is 0 Å². The molecule has 6 heteroatoms. The van der Waals surface area contributed by atoms with Crippen LogP contribution in [0.5, 0.6) is 0 Å². The molecule has 3 aromatic rings. The van der Waals surface area contributed by atoms with Gasteiger partial charge in [0, 0.05) is 18.0 Å². The highest BCUT2D eigenvalue weighted by Crippen LogP contribution is 2.28. The first kappa shape index (κ1) is 20.1. The number of aryl methyl sites for hydroxylation is 1. The zero-order chi connectivity index (χ0) is 19.9. The average molecular weight is 396 g/mol. The van der Waals surface area contributed by atoms with Crippen molar-refractivity contribution in [2.24, 2.45) is 0 Å². The summed E-state index contributed by atoms with van der Waals surface area (Å²) < 4.78 is 5.75. The summed E-state index contributed by atoms with van der Waals surface area (Å²) in [5.74, 6) is 0.747. The molecule has 0 saturated carbocycles. The van der Waals surface area contributed by atoms with E-state index in [-0.39, 0.29) is 11.2 Å². The third-order valence-corrected chi connectivity index (χ3v) is 5.65. The molecule has 0 fully saturated rings. The fourth-order valence-corrected chi connectivity index (χ4v) is 3.68. The topological polar surface area (TPSA) is 68.0 Å². The molecule has 0 saturated heterocycles. The molecule has 0 bridgehead atoms. The number of carbonyl (C=O) groups excluding carboxylic acids is 1. The Morgan fingerprint density at radius 3 is 2.54 bits per heavy atom. The molecule has 5 nitrogen and oxygen atoms in total. The molecule has 0 aliphatic carbocycles. The second-order valence-electron chi connectivity index (χ2n) is 6.71. The molecule has 1 N–H and O–H groups in total. The van der Waals surface area contributed by atoms with E-state index in [0.29, 0.717) is 23.6 Å². The molecule has 3 rings (SSSR count). The largest absolute Gasteiger partial charge is 0.411 e. The molecular formula is C22H25N3O2S. The normalized spacial score (nSPS) is 13.1. The second-order valence-corrected chi connectivity index (χ2v) is 8.00. The number of rotatable bonds is 8. The lowest BCUT2D eigenvalue weighted by atomic mass is 9.96. The summed E-state index contributed by atoms with van der Waals surface area (Å²) in [5, 5.41) is 11.3. The lowest BCUT2D eigenvalue weighted by Crippen LogP contribution is -2.34. The summed E-state index contributed by atoms with van der Waals surface area (Å²) in [7, 11) is 0. The Labute approximate surface area is 170 Å². The Morgan fingerprint density at radius 2 is 1.82 bits per heavy atom. The summed E-state index contributed by atoms with van der Waals surface area (Å²) in [5.41, 5.74) is 3.22. The Morgan fingerprint density at radius 1 is 1.11 bits per heavy atom. The van der Waals surface area contributed by atoms with Crippen molar-refractivity contribution < 1.29 is 9.21 Å². The van der Waals surface area contributed by atoms with Gasteiger partial charge in [-0.05, 0) is 37.5 Å². The van der Waals surface area contributed by atoms with E-state index >= 15 is 0 Å². The van der Waals surface area contributed by atoms with Crippen LogP contribution in [-0.4, -0.2) is 27.9 Å². The first-order valence-corrected chi connectivity index (χ1v) is 10.3. The van der Waals surface area contributed by atoms with Gasteiger partial charge in [0.05, 0.1) is 5.25 Å². The number of carbonyl (C=O) groups is 1. The first-order valence-electron chi connectivity index (χ1n) is 9.47. The van der Waals surface area contributed by atoms with Gasteiger partial charge in [-0.15, -0.1) is 10.2 Å². The van der Waals surface area contributed by atoms with Crippen molar-refractivity contribution in [3.05, 3.63) is 65.7 Å². The van der Waals surface area contributed by atoms with E-state index in [9.17, 15) is 4.79 Å². The Balaban J connectivity index is 1.57. The Kier molecular flexibility index (Phi) is 6.87. The number of aromatic nitrogens is 2.